The molecule has 142 valence electrons. The van der Waals surface area contributed by atoms with E-state index in [9.17, 15) is 21.6 Å². The highest BCUT2D eigenvalue weighted by Gasteiger charge is 2.34. The normalized spacial score (nSPS) is 12.4. The molecule has 0 unspecified atom stereocenters. The molecule has 0 amide bonds. The van der Waals surface area contributed by atoms with Crippen molar-refractivity contribution in [2.24, 2.45) is 5.73 Å². The fraction of sp³-hybridized carbons (Fsp3) is 0.231. The minimum absolute atomic E-state index is 0.228. The molecule has 0 bridgehead atoms. The molecule has 0 saturated carbocycles. The van der Waals surface area contributed by atoms with Crippen molar-refractivity contribution < 1.29 is 21.6 Å². The maximum atomic E-state index is 12.9. The Labute approximate surface area is 161 Å². The number of alkyl halides is 3. The molecule has 0 aliphatic rings. The maximum absolute atomic E-state index is 12.9. The lowest BCUT2D eigenvalue weighted by atomic mass is 10.2. The van der Waals surface area contributed by atoms with Gasteiger partial charge in [-0.2, -0.15) is 18.3 Å². The Morgan fingerprint density at radius 3 is 2.19 bits per heavy atom. The summed E-state index contributed by atoms with van der Waals surface area (Å²) in [6.07, 6.45) is -4.68. The third kappa shape index (κ3) is 3.61. The van der Waals surface area contributed by atoms with Crippen molar-refractivity contribution >= 4 is 56.1 Å². The molecule has 0 radical (unpaired) electrons. The van der Waals surface area contributed by atoms with Crippen LogP contribution in [0, 0.1) is 0 Å². The van der Waals surface area contributed by atoms with E-state index < -0.39 is 42.3 Å². The molecular formula is C13H11Cl2F3N4O2S2. The van der Waals surface area contributed by atoms with Crippen molar-refractivity contribution in [2.75, 3.05) is 11.5 Å². The van der Waals surface area contributed by atoms with Gasteiger partial charge in [-0.15, -0.1) is 0 Å². The first-order valence-corrected chi connectivity index (χ1v) is 9.60. The first-order chi connectivity index (χ1) is 11.8. The number of nitrogens with zero attached hydrogens (tertiary/aromatic N) is 2. The second-order valence-electron chi connectivity index (χ2n) is 5.03. The molecule has 0 atom stereocenters. The molecule has 26 heavy (non-hydrogen) atoms. The molecular weight excluding hydrogens is 436 g/mol. The Balaban J connectivity index is 2.83. The molecule has 2 rings (SSSR count). The third-order valence-electron chi connectivity index (χ3n) is 3.36. The van der Waals surface area contributed by atoms with E-state index in [0.29, 0.717) is 12.1 Å². The molecule has 0 saturated heterocycles. The van der Waals surface area contributed by atoms with Crippen molar-refractivity contribution in [1.82, 2.24) is 9.78 Å². The van der Waals surface area contributed by atoms with Gasteiger partial charge >= 0.3 is 6.18 Å². The lowest BCUT2D eigenvalue weighted by molar-refractivity contribution is -0.137. The first kappa shape index (κ1) is 20.7. The Hall–Kier alpha value is -1.56. The van der Waals surface area contributed by atoms with E-state index in [4.69, 9.17) is 46.9 Å². The number of thiocarbonyl (C=S) groups is 1. The fourth-order valence-electron chi connectivity index (χ4n) is 2.13. The van der Waals surface area contributed by atoms with Crippen LogP contribution in [-0.4, -0.2) is 28.9 Å². The van der Waals surface area contributed by atoms with E-state index in [1.54, 1.807) is 0 Å². The molecule has 4 N–H and O–H groups in total. The lowest BCUT2D eigenvalue weighted by Gasteiger charge is -2.13. The zero-order valence-electron chi connectivity index (χ0n) is 12.9. The van der Waals surface area contributed by atoms with Crippen LogP contribution in [0.1, 0.15) is 18.2 Å². The zero-order chi connectivity index (χ0) is 20.0. The van der Waals surface area contributed by atoms with Crippen molar-refractivity contribution in [2.45, 2.75) is 18.0 Å². The number of benzene rings is 1. The van der Waals surface area contributed by atoms with Crippen LogP contribution in [0.2, 0.25) is 10.0 Å². The van der Waals surface area contributed by atoms with E-state index in [0.717, 1.165) is 4.68 Å². The fourth-order valence-corrected chi connectivity index (χ4v) is 4.12. The number of rotatable bonds is 4. The van der Waals surface area contributed by atoms with E-state index in [1.165, 1.54) is 6.92 Å². The van der Waals surface area contributed by atoms with Crippen LogP contribution in [0.15, 0.2) is 17.0 Å². The van der Waals surface area contributed by atoms with Crippen LogP contribution in [0.4, 0.5) is 19.0 Å². The van der Waals surface area contributed by atoms with Gasteiger partial charge in [-0.05, 0) is 12.1 Å². The summed E-state index contributed by atoms with van der Waals surface area (Å²) in [6.45, 7) is 1.37. The van der Waals surface area contributed by atoms with E-state index in [2.05, 4.69) is 5.10 Å². The quantitative estimate of drug-likeness (QED) is 0.698. The standard InChI is InChI=1S/C13H11Cl2F3N4O2S2/c1-2-26(23,24)10-8(12(20)25)21-22(11(10)19)9-6(14)3-5(4-7(9)15)13(16,17)18/h3-4H,2,19H2,1H3,(H2,20,25). The topological polar surface area (TPSA) is 104 Å². The summed E-state index contributed by atoms with van der Waals surface area (Å²) in [4.78, 5) is -0.791. The lowest BCUT2D eigenvalue weighted by Crippen LogP contribution is -2.16. The smallest absolute Gasteiger partial charge is 0.388 e. The summed E-state index contributed by atoms with van der Waals surface area (Å²) in [5, 5.41) is 3.03. The Morgan fingerprint density at radius 1 is 1.31 bits per heavy atom. The van der Waals surface area contributed by atoms with Crippen molar-refractivity contribution in [3.63, 3.8) is 0 Å². The molecule has 1 aromatic carbocycles. The Kier molecular flexibility index (Phi) is 5.48. The van der Waals surface area contributed by atoms with Gasteiger partial charge in [-0.1, -0.05) is 42.3 Å². The van der Waals surface area contributed by atoms with Crippen LogP contribution >= 0.6 is 35.4 Å². The molecule has 0 spiro atoms. The van der Waals surface area contributed by atoms with Gasteiger partial charge in [0.25, 0.3) is 0 Å². The number of hydrogen-bond donors (Lipinski definition) is 2. The van der Waals surface area contributed by atoms with Gasteiger partial charge in [0.05, 0.1) is 21.4 Å². The van der Waals surface area contributed by atoms with Gasteiger partial charge in [0.15, 0.2) is 9.84 Å². The molecule has 1 aromatic heterocycles. The molecule has 2 aromatic rings. The Bertz CT molecular complexity index is 981. The van der Waals surface area contributed by atoms with Gasteiger partial charge in [-0.3, -0.25) is 0 Å². The molecule has 13 heteroatoms. The predicted molar refractivity (Wildman–Crippen MR) is 96.6 cm³/mol. The Morgan fingerprint density at radius 2 is 1.81 bits per heavy atom. The SMILES string of the molecule is CCS(=O)(=O)c1c(C(N)=S)nn(-c2c(Cl)cc(C(F)(F)F)cc2Cl)c1N. The highest BCUT2D eigenvalue weighted by molar-refractivity contribution is 7.91. The molecule has 6 nitrogen and oxygen atoms in total. The number of nitrogens with two attached hydrogens (primary N) is 2. The second-order valence-corrected chi connectivity index (χ2v) is 8.50. The third-order valence-corrected chi connectivity index (χ3v) is 5.91. The highest BCUT2D eigenvalue weighted by Crippen LogP contribution is 2.39. The molecule has 1 heterocycles. The average Bonchev–Trinajstić information content (AvgIpc) is 2.84. The van der Waals surface area contributed by atoms with Gasteiger partial charge in [0.2, 0.25) is 0 Å². The summed E-state index contributed by atoms with van der Waals surface area (Å²) < 4.78 is 64.0. The van der Waals surface area contributed by atoms with Crippen molar-refractivity contribution in [1.29, 1.82) is 0 Å². The van der Waals surface area contributed by atoms with Gasteiger partial charge in [0.1, 0.15) is 27.1 Å². The summed E-state index contributed by atoms with van der Waals surface area (Å²) in [7, 11) is -3.89. The van der Waals surface area contributed by atoms with Crippen LogP contribution in [0.25, 0.3) is 5.69 Å². The molecule has 0 aliphatic heterocycles. The minimum atomic E-state index is -4.68. The average molecular weight is 447 g/mol. The number of sulfone groups is 1. The van der Waals surface area contributed by atoms with Crippen LogP contribution < -0.4 is 11.5 Å². The van der Waals surface area contributed by atoms with E-state index >= 15 is 0 Å². The number of hydrogen-bond acceptors (Lipinski definition) is 5. The van der Waals surface area contributed by atoms with Crippen LogP contribution in [-0.2, 0) is 16.0 Å². The van der Waals surface area contributed by atoms with Crippen molar-refractivity contribution in [3.8, 4) is 5.69 Å². The van der Waals surface area contributed by atoms with Crippen LogP contribution in [0.3, 0.4) is 0 Å². The summed E-state index contributed by atoms with van der Waals surface area (Å²) in [6, 6.07) is 1.25. The zero-order valence-corrected chi connectivity index (χ0v) is 16.1. The number of nitrogen functional groups attached to an aromatic ring is 1. The van der Waals surface area contributed by atoms with Crippen molar-refractivity contribution in [3.05, 3.63) is 33.4 Å². The number of aromatic nitrogens is 2. The largest absolute Gasteiger partial charge is 0.416 e. The van der Waals surface area contributed by atoms with E-state index in [1.807, 2.05) is 0 Å². The summed E-state index contributed by atoms with van der Waals surface area (Å²) in [5.41, 5.74) is 9.76. The van der Waals surface area contributed by atoms with Gasteiger partial charge < -0.3 is 11.5 Å². The van der Waals surface area contributed by atoms with Gasteiger partial charge in [-0.25, -0.2) is 13.1 Å². The first-order valence-electron chi connectivity index (χ1n) is 6.79. The maximum Gasteiger partial charge on any atom is 0.416 e. The highest BCUT2D eigenvalue weighted by atomic mass is 35.5. The second kappa shape index (κ2) is 6.87. The molecule has 0 fully saturated rings. The van der Waals surface area contributed by atoms with Gasteiger partial charge in [0, 0.05) is 0 Å². The number of anilines is 1. The summed E-state index contributed by atoms with van der Waals surface area (Å²) in [5.74, 6) is -0.745. The summed E-state index contributed by atoms with van der Waals surface area (Å²) >= 11 is 16.6. The van der Waals surface area contributed by atoms with Crippen LogP contribution in [0.5, 0.6) is 0 Å². The molecule has 0 aliphatic carbocycles. The number of halogens is 5. The van der Waals surface area contributed by atoms with E-state index in [-0.39, 0.29) is 22.1 Å². The minimum Gasteiger partial charge on any atom is -0.388 e. The monoisotopic (exact) mass is 446 g/mol. The predicted octanol–water partition coefficient (Wildman–Crippen LogP) is 3.21.